The van der Waals surface area contributed by atoms with Gasteiger partial charge in [-0.05, 0) is 26.2 Å². The molecule has 5 nitrogen and oxygen atoms in total. The predicted octanol–water partition coefficient (Wildman–Crippen LogP) is 0.803. The maximum absolute atomic E-state index is 12.4. The molecule has 1 aliphatic carbocycles. The lowest BCUT2D eigenvalue weighted by Crippen LogP contribution is -2.45. The molecule has 0 radical (unpaired) electrons. The van der Waals surface area contributed by atoms with Gasteiger partial charge in [-0.3, -0.25) is 18.7 Å². The molecule has 0 aromatic carbocycles. The van der Waals surface area contributed by atoms with Crippen LogP contribution >= 0.6 is 0 Å². The zero-order chi connectivity index (χ0) is 14.7. The highest BCUT2D eigenvalue weighted by Crippen LogP contribution is 2.28. The zero-order valence-corrected chi connectivity index (χ0v) is 13.1. The first kappa shape index (κ1) is 15.6. The third-order valence-electron chi connectivity index (χ3n) is 4.20. The molecule has 0 aromatic heterocycles. The molecule has 1 saturated carbocycles. The molecule has 0 spiro atoms. The Balaban J connectivity index is 1.89. The minimum Gasteiger partial charge on any atom is -0.303 e. The van der Waals surface area contributed by atoms with Gasteiger partial charge in [-0.15, -0.1) is 0 Å². The lowest BCUT2D eigenvalue weighted by molar-refractivity contribution is -0.141. The highest BCUT2D eigenvalue weighted by Gasteiger charge is 2.43. The molecular weight excluding hydrogens is 276 g/mol. The van der Waals surface area contributed by atoms with Gasteiger partial charge in [-0.25, -0.2) is 0 Å². The van der Waals surface area contributed by atoms with Crippen molar-refractivity contribution >= 4 is 22.6 Å². The van der Waals surface area contributed by atoms with Crippen molar-refractivity contribution in [1.29, 1.82) is 0 Å². The fourth-order valence-electron chi connectivity index (χ4n) is 3.10. The van der Waals surface area contributed by atoms with Gasteiger partial charge in [0.15, 0.2) is 0 Å². The van der Waals surface area contributed by atoms with Crippen LogP contribution in [0.2, 0.25) is 0 Å². The number of imide groups is 1. The minimum absolute atomic E-state index is 0.0364. The second-order valence-electron chi connectivity index (χ2n) is 5.93. The first-order chi connectivity index (χ1) is 9.49. The first-order valence-corrected chi connectivity index (χ1v) is 9.13. The molecule has 2 aliphatic rings. The van der Waals surface area contributed by atoms with Crippen molar-refractivity contribution in [2.45, 2.75) is 63.6 Å². The standard InChI is InChI=1S/C14H24N2O3S/c1-10(7-8-20(2)19)15-12-9-13(17)16(14(12)18)11-5-3-4-6-11/h10-12,15H,3-9H2,1-2H3. The Morgan fingerprint density at radius 3 is 2.60 bits per heavy atom. The number of carbonyl (C=O) groups excluding carboxylic acids is 2. The predicted molar refractivity (Wildman–Crippen MR) is 78.7 cm³/mol. The lowest BCUT2D eigenvalue weighted by atomic mass is 10.2. The molecule has 1 N–H and O–H groups in total. The molecular formula is C14H24N2O3S. The van der Waals surface area contributed by atoms with Crippen LogP contribution < -0.4 is 5.32 Å². The van der Waals surface area contributed by atoms with E-state index in [1.165, 1.54) is 4.90 Å². The van der Waals surface area contributed by atoms with E-state index >= 15 is 0 Å². The molecule has 0 aromatic rings. The van der Waals surface area contributed by atoms with Crippen molar-refractivity contribution in [1.82, 2.24) is 10.2 Å². The largest absolute Gasteiger partial charge is 0.303 e. The van der Waals surface area contributed by atoms with Crippen LogP contribution in [0.25, 0.3) is 0 Å². The quantitative estimate of drug-likeness (QED) is 0.737. The molecule has 114 valence electrons. The van der Waals surface area contributed by atoms with Gasteiger partial charge in [0, 0.05) is 34.9 Å². The normalized spacial score (nSPS) is 27.3. The van der Waals surface area contributed by atoms with Gasteiger partial charge >= 0.3 is 0 Å². The van der Waals surface area contributed by atoms with Gasteiger partial charge in [0.1, 0.15) is 0 Å². The topological polar surface area (TPSA) is 66.5 Å². The van der Waals surface area contributed by atoms with Crippen molar-refractivity contribution < 1.29 is 13.8 Å². The third-order valence-corrected chi connectivity index (χ3v) is 5.01. The van der Waals surface area contributed by atoms with Gasteiger partial charge in [-0.2, -0.15) is 0 Å². The van der Waals surface area contributed by atoms with Crippen LogP contribution in [-0.4, -0.2) is 51.1 Å². The zero-order valence-electron chi connectivity index (χ0n) is 12.3. The lowest BCUT2D eigenvalue weighted by Gasteiger charge is -2.23. The van der Waals surface area contributed by atoms with Crippen LogP contribution in [0.5, 0.6) is 0 Å². The summed E-state index contributed by atoms with van der Waals surface area (Å²) >= 11 is 0. The van der Waals surface area contributed by atoms with Crippen molar-refractivity contribution in [2.24, 2.45) is 0 Å². The molecule has 6 heteroatoms. The maximum Gasteiger partial charge on any atom is 0.247 e. The van der Waals surface area contributed by atoms with Crippen LogP contribution in [0, 0.1) is 0 Å². The number of likely N-dealkylation sites (tertiary alicyclic amines) is 1. The van der Waals surface area contributed by atoms with E-state index in [0.29, 0.717) is 5.75 Å². The summed E-state index contributed by atoms with van der Waals surface area (Å²) in [7, 11) is -0.816. The molecule has 1 aliphatic heterocycles. The molecule has 3 unspecified atom stereocenters. The highest BCUT2D eigenvalue weighted by atomic mass is 32.2. The van der Waals surface area contributed by atoms with E-state index in [-0.39, 0.29) is 36.4 Å². The van der Waals surface area contributed by atoms with Gasteiger partial charge in [0.05, 0.1) is 12.5 Å². The SMILES string of the molecule is CC(CCS(C)=O)NC1CC(=O)N(C2CCCC2)C1=O. The van der Waals surface area contributed by atoms with E-state index in [9.17, 15) is 13.8 Å². The highest BCUT2D eigenvalue weighted by molar-refractivity contribution is 7.84. The molecule has 1 saturated heterocycles. The molecule has 1 heterocycles. The van der Waals surface area contributed by atoms with Crippen molar-refractivity contribution in [3.8, 4) is 0 Å². The molecule has 2 rings (SSSR count). The van der Waals surface area contributed by atoms with E-state index in [1.54, 1.807) is 6.26 Å². The van der Waals surface area contributed by atoms with Crippen molar-refractivity contribution in [3.63, 3.8) is 0 Å². The van der Waals surface area contributed by atoms with Crippen LogP contribution in [0.3, 0.4) is 0 Å². The maximum atomic E-state index is 12.4. The van der Waals surface area contributed by atoms with E-state index in [1.807, 2.05) is 6.92 Å². The summed E-state index contributed by atoms with van der Waals surface area (Å²) in [4.78, 5) is 25.9. The number of nitrogens with one attached hydrogen (secondary N) is 1. The van der Waals surface area contributed by atoms with Gasteiger partial charge in [0.2, 0.25) is 11.8 Å². The summed E-state index contributed by atoms with van der Waals surface area (Å²) in [6, 6.07) is -0.159. The average molecular weight is 300 g/mol. The number of nitrogens with zero attached hydrogens (tertiary/aromatic N) is 1. The van der Waals surface area contributed by atoms with E-state index < -0.39 is 10.8 Å². The second-order valence-corrected chi connectivity index (χ2v) is 7.49. The molecule has 3 atom stereocenters. The second kappa shape index (κ2) is 6.80. The minimum atomic E-state index is -0.816. The van der Waals surface area contributed by atoms with Crippen LogP contribution in [0.4, 0.5) is 0 Å². The number of carbonyl (C=O) groups is 2. The summed E-state index contributed by atoms with van der Waals surface area (Å²) in [5.41, 5.74) is 0. The molecule has 0 bridgehead atoms. The number of rotatable bonds is 6. The van der Waals surface area contributed by atoms with E-state index in [2.05, 4.69) is 5.32 Å². The van der Waals surface area contributed by atoms with Crippen LogP contribution in [-0.2, 0) is 20.4 Å². The fourth-order valence-corrected chi connectivity index (χ4v) is 3.78. The van der Waals surface area contributed by atoms with E-state index in [0.717, 1.165) is 32.1 Å². The Bertz CT molecular complexity index is 407. The molecule has 2 fully saturated rings. The van der Waals surface area contributed by atoms with Crippen LogP contribution in [0.15, 0.2) is 0 Å². The Kier molecular flexibility index (Phi) is 5.32. The summed E-state index contributed by atoms with van der Waals surface area (Å²) in [6.45, 7) is 1.98. The van der Waals surface area contributed by atoms with Crippen LogP contribution in [0.1, 0.15) is 45.4 Å². The number of amides is 2. The smallest absolute Gasteiger partial charge is 0.247 e. The molecule has 20 heavy (non-hydrogen) atoms. The fraction of sp³-hybridized carbons (Fsp3) is 0.857. The van der Waals surface area contributed by atoms with Crippen molar-refractivity contribution in [2.75, 3.05) is 12.0 Å². The van der Waals surface area contributed by atoms with E-state index in [4.69, 9.17) is 0 Å². The number of hydrogen-bond acceptors (Lipinski definition) is 4. The van der Waals surface area contributed by atoms with Gasteiger partial charge in [0.25, 0.3) is 0 Å². The number of hydrogen-bond donors (Lipinski definition) is 1. The monoisotopic (exact) mass is 300 g/mol. The average Bonchev–Trinajstić information content (AvgIpc) is 2.97. The Labute approximate surface area is 122 Å². The Morgan fingerprint density at radius 1 is 1.35 bits per heavy atom. The first-order valence-electron chi connectivity index (χ1n) is 7.41. The van der Waals surface area contributed by atoms with Gasteiger partial charge in [-0.1, -0.05) is 12.8 Å². The summed E-state index contributed by atoms with van der Waals surface area (Å²) < 4.78 is 11.1. The van der Waals surface area contributed by atoms with Gasteiger partial charge < -0.3 is 5.32 Å². The molecule has 2 amide bonds. The summed E-state index contributed by atoms with van der Waals surface area (Å²) in [6.07, 6.45) is 6.83. The van der Waals surface area contributed by atoms with Crippen molar-refractivity contribution in [3.05, 3.63) is 0 Å². The summed E-state index contributed by atoms with van der Waals surface area (Å²) in [5.74, 6) is 0.520. The Morgan fingerprint density at radius 2 is 2.00 bits per heavy atom. The third kappa shape index (κ3) is 3.67. The summed E-state index contributed by atoms with van der Waals surface area (Å²) in [5, 5.41) is 3.22. The Hall–Kier alpha value is -0.750.